The first-order chi connectivity index (χ1) is 12.9. The van der Waals surface area contributed by atoms with Crippen molar-refractivity contribution in [1.29, 1.82) is 0 Å². The quantitative estimate of drug-likeness (QED) is 0.645. The summed E-state index contributed by atoms with van der Waals surface area (Å²) in [6.45, 7) is 0. The topological polar surface area (TPSA) is 90.9 Å². The van der Waals surface area contributed by atoms with Crippen LogP contribution in [-0.4, -0.2) is 32.2 Å². The lowest BCUT2D eigenvalue weighted by Gasteiger charge is -2.27. The number of carbonyl (C=O) groups excluding carboxylic acids is 1. The lowest BCUT2D eigenvalue weighted by molar-refractivity contribution is 0.0293. The summed E-state index contributed by atoms with van der Waals surface area (Å²) in [5, 5.41) is 22.5. The summed E-state index contributed by atoms with van der Waals surface area (Å²) in [6, 6.07) is 4.72. The van der Waals surface area contributed by atoms with Crippen LogP contribution in [-0.2, 0) is 5.60 Å². The van der Waals surface area contributed by atoms with Gasteiger partial charge in [0.25, 0.3) is 5.91 Å². The highest BCUT2D eigenvalue weighted by Crippen LogP contribution is 2.60. The normalized spacial score (nSPS) is 28.9. The Morgan fingerprint density at radius 2 is 2.04 bits per heavy atom. The van der Waals surface area contributed by atoms with Gasteiger partial charge in [0.2, 0.25) is 0 Å². The van der Waals surface area contributed by atoms with Crippen LogP contribution in [0.25, 0.3) is 10.9 Å². The molecule has 138 valence electrons. The standard InChI is InChI=1S/C19H16ClFN4O2/c20-10-2-15(14-8-23-25-16(14)3-10)19(27)4-12-13(5-19)17(12)24-18(26)9-1-11(21)7-22-6-9/h1-3,6-8,12-13,17,27H,4-5H2,(H,23,25)(H,24,26)/t12-,13+,17?,19?. The third-order valence-electron chi connectivity index (χ3n) is 5.77. The molecule has 1 aromatic carbocycles. The second-order valence-corrected chi connectivity index (χ2v) is 7.88. The zero-order valence-electron chi connectivity index (χ0n) is 14.1. The summed E-state index contributed by atoms with van der Waals surface area (Å²) in [5.74, 6) is -0.522. The van der Waals surface area contributed by atoms with Crippen LogP contribution in [0.2, 0.25) is 5.02 Å². The number of aromatic nitrogens is 3. The van der Waals surface area contributed by atoms with Gasteiger partial charge in [0.1, 0.15) is 5.82 Å². The minimum atomic E-state index is -0.996. The third kappa shape index (κ3) is 2.69. The molecule has 27 heavy (non-hydrogen) atoms. The average Bonchev–Trinajstić information content (AvgIpc) is 3.01. The second kappa shape index (κ2) is 5.74. The maximum absolute atomic E-state index is 13.2. The number of nitrogens with zero attached hydrogens (tertiary/aromatic N) is 2. The molecule has 2 aromatic heterocycles. The molecule has 5 rings (SSSR count). The molecule has 8 heteroatoms. The first-order valence-corrected chi connectivity index (χ1v) is 9.09. The number of nitrogens with one attached hydrogen (secondary N) is 2. The van der Waals surface area contributed by atoms with Crippen LogP contribution >= 0.6 is 11.6 Å². The number of aliphatic hydroxyl groups is 1. The molecule has 2 saturated carbocycles. The number of aromatic amines is 1. The largest absolute Gasteiger partial charge is 0.385 e. The highest BCUT2D eigenvalue weighted by Gasteiger charge is 2.62. The first-order valence-electron chi connectivity index (χ1n) is 8.71. The average molecular weight is 387 g/mol. The van der Waals surface area contributed by atoms with Crippen molar-refractivity contribution in [2.75, 3.05) is 0 Å². The van der Waals surface area contributed by atoms with Gasteiger partial charge in [-0.15, -0.1) is 0 Å². The lowest BCUT2D eigenvalue weighted by atomic mass is 9.86. The van der Waals surface area contributed by atoms with E-state index >= 15 is 0 Å². The zero-order valence-corrected chi connectivity index (χ0v) is 14.9. The van der Waals surface area contributed by atoms with E-state index < -0.39 is 11.4 Å². The Hall–Kier alpha value is -2.51. The predicted molar refractivity (Wildman–Crippen MR) is 96.7 cm³/mol. The van der Waals surface area contributed by atoms with Crippen molar-refractivity contribution in [3.05, 3.63) is 58.8 Å². The molecule has 2 fully saturated rings. The van der Waals surface area contributed by atoms with Gasteiger partial charge in [-0.05, 0) is 48.4 Å². The molecular formula is C19H16ClFN4O2. The number of pyridine rings is 1. The maximum Gasteiger partial charge on any atom is 0.253 e. The molecule has 2 heterocycles. The van der Waals surface area contributed by atoms with Gasteiger partial charge in [-0.2, -0.15) is 5.10 Å². The van der Waals surface area contributed by atoms with Crippen molar-refractivity contribution >= 4 is 28.4 Å². The third-order valence-corrected chi connectivity index (χ3v) is 5.99. The van der Waals surface area contributed by atoms with Crippen molar-refractivity contribution in [2.45, 2.75) is 24.5 Å². The fourth-order valence-corrected chi connectivity index (χ4v) is 4.69. The van der Waals surface area contributed by atoms with Crippen molar-refractivity contribution in [1.82, 2.24) is 20.5 Å². The summed E-state index contributed by atoms with van der Waals surface area (Å²) >= 11 is 6.19. The SMILES string of the molecule is O=C(NC1[C@H]2CC(O)(c3cc(Cl)cc4[nH]ncc34)C[C@@H]12)c1cncc(F)c1. The van der Waals surface area contributed by atoms with Gasteiger partial charge in [0, 0.05) is 22.6 Å². The van der Waals surface area contributed by atoms with Crippen LogP contribution in [0.3, 0.4) is 0 Å². The molecule has 2 unspecified atom stereocenters. The van der Waals surface area contributed by atoms with E-state index in [0.29, 0.717) is 17.9 Å². The van der Waals surface area contributed by atoms with Gasteiger partial charge in [0.15, 0.2) is 0 Å². The molecule has 0 spiro atoms. The van der Waals surface area contributed by atoms with Crippen LogP contribution in [0, 0.1) is 17.7 Å². The molecule has 3 aromatic rings. The zero-order chi connectivity index (χ0) is 18.8. The van der Waals surface area contributed by atoms with Crippen molar-refractivity contribution in [2.24, 2.45) is 11.8 Å². The summed E-state index contributed by atoms with van der Waals surface area (Å²) in [5.41, 5.74) is 0.759. The monoisotopic (exact) mass is 386 g/mol. The van der Waals surface area contributed by atoms with E-state index in [9.17, 15) is 14.3 Å². The minimum absolute atomic E-state index is 0.0138. The van der Waals surface area contributed by atoms with E-state index in [2.05, 4.69) is 20.5 Å². The smallest absolute Gasteiger partial charge is 0.253 e. The highest BCUT2D eigenvalue weighted by atomic mass is 35.5. The molecule has 0 aliphatic heterocycles. The van der Waals surface area contributed by atoms with Crippen LogP contribution in [0.5, 0.6) is 0 Å². The molecule has 2 aliphatic carbocycles. The number of hydrogen-bond acceptors (Lipinski definition) is 4. The molecular weight excluding hydrogens is 371 g/mol. The Labute approximate surface area is 158 Å². The summed E-state index contributed by atoms with van der Waals surface area (Å²) in [7, 11) is 0. The molecule has 6 nitrogen and oxygen atoms in total. The second-order valence-electron chi connectivity index (χ2n) is 7.44. The van der Waals surface area contributed by atoms with Crippen LogP contribution in [0.1, 0.15) is 28.8 Å². The Kier molecular flexibility index (Phi) is 3.54. The summed E-state index contributed by atoms with van der Waals surface area (Å²) in [4.78, 5) is 16.0. The number of fused-ring (bicyclic) bond motifs is 2. The van der Waals surface area contributed by atoms with Gasteiger partial charge in [-0.25, -0.2) is 4.39 Å². The van der Waals surface area contributed by atoms with Gasteiger partial charge in [-0.3, -0.25) is 14.9 Å². The highest BCUT2D eigenvalue weighted by molar-refractivity contribution is 6.31. The minimum Gasteiger partial charge on any atom is -0.385 e. The fourth-order valence-electron chi connectivity index (χ4n) is 4.47. The van der Waals surface area contributed by atoms with E-state index in [1.54, 1.807) is 18.3 Å². The molecule has 3 N–H and O–H groups in total. The van der Waals surface area contributed by atoms with E-state index in [4.69, 9.17) is 11.6 Å². The van der Waals surface area contributed by atoms with Gasteiger partial charge >= 0.3 is 0 Å². The molecule has 4 atom stereocenters. The Bertz CT molecular complexity index is 1060. The number of H-pyrrole nitrogens is 1. The van der Waals surface area contributed by atoms with Crippen LogP contribution in [0.15, 0.2) is 36.8 Å². The van der Waals surface area contributed by atoms with E-state index in [0.717, 1.165) is 22.7 Å². The van der Waals surface area contributed by atoms with Crippen LogP contribution < -0.4 is 5.32 Å². The maximum atomic E-state index is 13.2. The molecule has 0 radical (unpaired) electrons. The van der Waals surface area contributed by atoms with Crippen molar-refractivity contribution in [3.63, 3.8) is 0 Å². The van der Waals surface area contributed by atoms with E-state index in [1.165, 1.54) is 12.3 Å². The molecule has 0 saturated heterocycles. The molecule has 1 amide bonds. The van der Waals surface area contributed by atoms with Crippen molar-refractivity contribution in [3.8, 4) is 0 Å². The van der Waals surface area contributed by atoms with Crippen molar-refractivity contribution < 1.29 is 14.3 Å². The molecule has 2 aliphatic rings. The number of halogens is 2. The van der Waals surface area contributed by atoms with E-state index in [-0.39, 0.29) is 29.3 Å². The van der Waals surface area contributed by atoms with Gasteiger partial charge in [0.05, 0.1) is 29.1 Å². The molecule has 0 bridgehead atoms. The predicted octanol–water partition coefficient (Wildman–Crippen LogP) is 2.78. The Balaban J connectivity index is 1.33. The number of benzene rings is 1. The lowest BCUT2D eigenvalue weighted by Crippen LogP contribution is -2.33. The summed E-state index contributed by atoms with van der Waals surface area (Å²) in [6.07, 6.45) is 5.16. The summed E-state index contributed by atoms with van der Waals surface area (Å²) < 4.78 is 13.2. The van der Waals surface area contributed by atoms with E-state index in [1.807, 2.05) is 0 Å². The fraction of sp³-hybridized carbons (Fsp3) is 0.316. The number of carbonyl (C=O) groups is 1. The Morgan fingerprint density at radius 3 is 2.78 bits per heavy atom. The van der Waals surface area contributed by atoms with Gasteiger partial charge < -0.3 is 10.4 Å². The van der Waals surface area contributed by atoms with Crippen LogP contribution in [0.4, 0.5) is 4.39 Å². The number of amides is 1. The van der Waals surface area contributed by atoms with Gasteiger partial charge in [-0.1, -0.05) is 11.6 Å². The first kappa shape index (κ1) is 16.6. The Morgan fingerprint density at radius 1 is 1.26 bits per heavy atom. The number of rotatable bonds is 3. The number of hydrogen-bond donors (Lipinski definition) is 3.